The second kappa shape index (κ2) is 7.45. The fraction of sp³-hybridized carbons (Fsp3) is 0.400. The molecule has 1 aliphatic heterocycles. The lowest BCUT2D eigenvalue weighted by molar-refractivity contribution is -0.0917. The van der Waals surface area contributed by atoms with Crippen molar-refractivity contribution < 1.29 is 14.3 Å². The summed E-state index contributed by atoms with van der Waals surface area (Å²) in [6.07, 6.45) is 1.09. The van der Waals surface area contributed by atoms with Gasteiger partial charge in [0, 0.05) is 12.0 Å². The van der Waals surface area contributed by atoms with Crippen LogP contribution >= 0.6 is 0 Å². The number of rotatable bonds is 6. The van der Waals surface area contributed by atoms with Crippen LogP contribution in [-0.2, 0) is 27.5 Å². The van der Waals surface area contributed by atoms with E-state index in [9.17, 15) is 0 Å². The molecule has 0 unspecified atom stereocenters. The number of hydroxylamine groups is 1. The summed E-state index contributed by atoms with van der Waals surface area (Å²) in [5, 5.41) is 0. The molecule has 4 rings (SSSR count). The highest BCUT2D eigenvalue weighted by molar-refractivity contribution is 5.14. The molecule has 2 aromatic carbocycles. The van der Waals surface area contributed by atoms with E-state index in [0.717, 1.165) is 6.42 Å². The summed E-state index contributed by atoms with van der Waals surface area (Å²) in [6, 6.07) is 20.9. The van der Waals surface area contributed by atoms with E-state index in [4.69, 9.17) is 14.3 Å². The van der Waals surface area contributed by atoms with Crippen molar-refractivity contribution in [3.8, 4) is 0 Å². The van der Waals surface area contributed by atoms with Crippen LogP contribution in [0.25, 0.3) is 0 Å². The van der Waals surface area contributed by atoms with Crippen LogP contribution in [0.3, 0.4) is 0 Å². The molecule has 4 heteroatoms. The van der Waals surface area contributed by atoms with Gasteiger partial charge in [-0.3, -0.25) is 0 Å². The standard InChI is InChI=1S/C20H23NO3/c1-3-7-15(8-4-1)12-22-19-11-18-17(14-24-21-18)20(19)23-13-16-9-5-2-6-10-16/h1-10,17-21H,11-14H2/t17-,18-,19-,20-/m1/s1. The Kier molecular flexibility index (Phi) is 4.90. The van der Waals surface area contributed by atoms with Gasteiger partial charge in [-0.2, -0.15) is 5.48 Å². The Morgan fingerprint density at radius 3 is 2.17 bits per heavy atom. The number of hydrogen-bond donors (Lipinski definition) is 1. The van der Waals surface area contributed by atoms with Crippen LogP contribution in [-0.4, -0.2) is 24.9 Å². The number of benzene rings is 2. The second-order valence-electron chi connectivity index (χ2n) is 6.53. The van der Waals surface area contributed by atoms with Crippen molar-refractivity contribution in [1.82, 2.24) is 5.48 Å². The maximum Gasteiger partial charge on any atom is 0.0908 e. The molecule has 2 aromatic rings. The first-order valence-corrected chi connectivity index (χ1v) is 8.58. The van der Waals surface area contributed by atoms with Crippen LogP contribution in [0.5, 0.6) is 0 Å². The van der Waals surface area contributed by atoms with Crippen molar-refractivity contribution in [2.45, 2.75) is 37.9 Å². The fourth-order valence-electron chi connectivity index (χ4n) is 3.60. The zero-order valence-corrected chi connectivity index (χ0v) is 13.6. The Morgan fingerprint density at radius 1 is 0.875 bits per heavy atom. The fourth-order valence-corrected chi connectivity index (χ4v) is 3.60. The predicted molar refractivity (Wildman–Crippen MR) is 91.0 cm³/mol. The zero-order chi connectivity index (χ0) is 16.2. The Balaban J connectivity index is 1.39. The Bertz CT molecular complexity index is 634. The maximum atomic E-state index is 6.26. The van der Waals surface area contributed by atoms with Crippen LogP contribution in [0.15, 0.2) is 60.7 Å². The summed E-state index contributed by atoms with van der Waals surface area (Å²) in [7, 11) is 0. The average Bonchev–Trinajstić information content (AvgIpc) is 3.21. The number of nitrogens with one attached hydrogen (secondary N) is 1. The topological polar surface area (TPSA) is 39.7 Å². The molecule has 4 nitrogen and oxygen atoms in total. The van der Waals surface area contributed by atoms with Gasteiger partial charge in [-0.05, 0) is 17.5 Å². The summed E-state index contributed by atoms with van der Waals surface area (Å²) in [6.45, 7) is 1.92. The van der Waals surface area contributed by atoms with Crippen molar-refractivity contribution in [1.29, 1.82) is 0 Å². The summed E-state index contributed by atoms with van der Waals surface area (Å²) < 4.78 is 12.5. The minimum atomic E-state index is 0.0638. The molecule has 2 fully saturated rings. The van der Waals surface area contributed by atoms with Gasteiger partial charge in [-0.15, -0.1) is 0 Å². The summed E-state index contributed by atoms with van der Waals surface area (Å²) >= 11 is 0. The highest BCUT2D eigenvalue weighted by Crippen LogP contribution is 2.35. The normalized spacial score (nSPS) is 28.8. The smallest absolute Gasteiger partial charge is 0.0908 e. The lowest BCUT2D eigenvalue weighted by atomic mass is 10.0. The summed E-state index contributed by atoms with van der Waals surface area (Å²) in [5.74, 6) is 0.356. The second-order valence-corrected chi connectivity index (χ2v) is 6.53. The van der Waals surface area contributed by atoms with Crippen molar-refractivity contribution in [2.24, 2.45) is 5.92 Å². The molecule has 0 bridgehead atoms. The van der Waals surface area contributed by atoms with Gasteiger partial charge in [-0.1, -0.05) is 60.7 Å². The Morgan fingerprint density at radius 2 is 1.50 bits per heavy atom. The van der Waals surface area contributed by atoms with Gasteiger partial charge in [-0.25, -0.2) is 0 Å². The first-order valence-electron chi connectivity index (χ1n) is 8.58. The lowest BCUT2D eigenvalue weighted by Gasteiger charge is -2.24. The van der Waals surface area contributed by atoms with E-state index in [1.807, 2.05) is 36.4 Å². The van der Waals surface area contributed by atoms with Gasteiger partial charge in [0.15, 0.2) is 0 Å². The van der Waals surface area contributed by atoms with Crippen LogP contribution in [0.2, 0.25) is 0 Å². The first kappa shape index (κ1) is 15.8. The minimum absolute atomic E-state index is 0.0638. The Hall–Kier alpha value is -1.72. The van der Waals surface area contributed by atoms with Crippen LogP contribution < -0.4 is 5.48 Å². The molecule has 126 valence electrons. The van der Waals surface area contributed by atoms with E-state index in [1.165, 1.54) is 11.1 Å². The first-order chi connectivity index (χ1) is 11.9. The minimum Gasteiger partial charge on any atom is -0.371 e. The molecule has 1 aliphatic carbocycles. The lowest BCUT2D eigenvalue weighted by Crippen LogP contribution is -2.32. The van der Waals surface area contributed by atoms with Gasteiger partial charge < -0.3 is 14.3 Å². The third-order valence-electron chi connectivity index (χ3n) is 4.89. The largest absolute Gasteiger partial charge is 0.371 e. The summed E-state index contributed by atoms with van der Waals surface area (Å²) in [4.78, 5) is 5.42. The molecule has 1 saturated carbocycles. The molecular formula is C20H23NO3. The van der Waals surface area contributed by atoms with Gasteiger partial charge in [0.2, 0.25) is 0 Å². The molecule has 4 atom stereocenters. The molecule has 1 N–H and O–H groups in total. The molecule has 1 heterocycles. The van der Waals surface area contributed by atoms with Crippen molar-refractivity contribution in [3.05, 3.63) is 71.8 Å². The molecule has 2 aliphatic rings. The Labute approximate surface area is 142 Å². The van der Waals surface area contributed by atoms with Gasteiger partial charge in [0.1, 0.15) is 0 Å². The van der Waals surface area contributed by atoms with Crippen LogP contribution in [0.1, 0.15) is 17.5 Å². The highest BCUT2D eigenvalue weighted by Gasteiger charge is 2.48. The van der Waals surface area contributed by atoms with Gasteiger partial charge >= 0.3 is 0 Å². The average molecular weight is 325 g/mol. The zero-order valence-electron chi connectivity index (χ0n) is 13.6. The summed E-state index contributed by atoms with van der Waals surface area (Å²) in [5.41, 5.74) is 5.50. The highest BCUT2D eigenvalue weighted by atomic mass is 16.7. The molecule has 0 aromatic heterocycles. The number of fused-ring (bicyclic) bond motifs is 1. The van der Waals surface area contributed by atoms with E-state index in [-0.39, 0.29) is 12.2 Å². The van der Waals surface area contributed by atoms with Crippen molar-refractivity contribution in [2.75, 3.05) is 6.61 Å². The quantitative estimate of drug-likeness (QED) is 0.886. The third-order valence-corrected chi connectivity index (χ3v) is 4.89. The van der Waals surface area contributed by atoms with Gasteiger partial charge in [0.05, 0.1) is 32.0 Å². The number of hydrogen-bond acceptors (Lipinski definition) is 4. The van der Waals surface area contributed by atoms with E-state index in [2.05, 4.69) is 29.7 Å². The van der Waals surface area contributed by atoms with Crippen molar-refractivity contribution >= 4 is 0 Å². The molecule has 0 amide bonds. The SMILES string of the molecule is c1ccc(CO[C@@H]2[C@@H]3CON[C@@H]3C[C@H]2OCc2ccccc2)cc1. The predicted octanol–water partition coefficient (Wildman–Crippen LogP) is 3.08. The van der Waals surface area contributed by atoms with Crippen LogP contribution in [0, 0.1) is 5.92 Å². The monoisotopic (exact) mass is 325 g/mol. The van der Waals surface area contributed by atoms with E-state index in [1.54, 1.807) is 0 Å². The van der Waals surface area contributed by atoms with E-state index >= 15 is 0 Å². The number of ether oxygens (including phenoxy) is 2. The van der Waals surface area contributed by atoms with Crippen LogP contribution in [0.4, 0.5) is 0 Å². The van der Waals surface area contributed by atoms with Crippen molar-refractivity contribution in [3.63, 3.8) is 0 Å². The molecule has 24 heavy (non-hydrogen) atoms. The van der Waals surface area contributed by atoms with Gasteiger partial charge in [0.25, 0.3) is 0 Å². The molecule has 0 spiro atoms. The van der Waals surface area contributed by atoms with E-state index in [0.29, 0.717) is 31.8 Å². The maximum absolute atomic E-state index is 6.26. The van der Waals surface area contributed by atoms with E-state index < -0.39 is 0 Å². The molecule has 1 saturated heterocycles. The molecular weight excluding hydrogens is 302 g/mol. The molecule has 0 radical (unpaired) electrons. The third kappa shape index (κ3) is 3.52.